The van der Waals surface area contributed by atoms with E-state index in [4.69, 9.17) is 0 Å². The second-order valence-corrected chi connectivity index (χ2v) is 5.97. The third kappa shape index (κ3) is 3.78. The monoisotopic (exact) mass is 336 g/mol. The highest BCUT2D eigenvalue weighted by molar-refractivity contribution is 6.07. The van der Waals surface area contributed by atoms with E-state index >= 15 is 0 Å². The highest BCUT2D eigenvalue weighted by Gasteiger charge is 2.14. The van der Waals surface area contributed by atoms with Crippen molar-refractivity contribution in [2.45, 2.75) is 19.6 Å². The largest absolute Gasteiger partial charge is 0.387 e. The lowest BCUT2D eigenvalue weighted by atomic mass is 10.1. The molecule has 0 radical (unpaired) electrons. The first kappa shape index (κ1) is 16.9. The molecule has 0 aliphatic carbocycles. The molecule has 0 bridgehead atoms. The van der Waals surface area contributed by atoms with Gasteiger partial charge in [0.05, 0.1) is 6.10 Å². The molecule has 25 heavy (non-hydrogen) atoms. The molecule has 2 aromatic carbocycles. The van der Waals surface area contributed by atoms with Crippen molar-refractivity contribution in [1.82, 2.24) is 9.88 Å². The van der Waals surface area contributed by atoms with Gasteiger partial charge in [-0.15, -0.1) is 0 Å². The third-order valence-electron chi connectivity index (χ3n) is 4.16. The average molecular weight is 336 g/mol. The molecule has 0 aliphatic rings. The fraction of sp³-hybridized carbons (Fsp3) is 0.200. The average Bonchev–Trinajstić information content (AvgIpc) is 2.99. The van der Waals surface area contributed by atoms with Crippen molar-refractivity contribution in [3.8, 4) is 0 Å². The first-order valence-electron chi connectivity index (χ1n) is 8.15. The molecule has 0 aliphatic heterocycles. The SMILES string of the molecule is CC(=O)c1cn(CC(=O)NC[C@@H](O)c2ccccc2)c2ccccc12. The highest BCUT2D eigenvalue weighted by Crippen LogP contribution is 2.21. The van der Waals surface area contributed by atoms with Crippen LogP contribution >= 0.6 is 0 Å². The lowest BCUT2D eigenvalue weighted by Crippen LogP contribution is -2.31. The van der Waals surface area contributed by atoms with Gasteiger partial charge in [-0.1, -0.05) is 48.5 Å². The first-order valence-corrected chi connectivity index (χ1v) is 8.15. The summed E-state index contributed by atoms with van der Waals surface area (Å²) in [7, 11) is 0. The van der Waals surface area contributed by atoms with Gasteiger partial charge < -0.3 is 15.0 Å². The number of amides is 1. The Labute approximate surface area is 145 Å². The van der Waals surface area contributed by atoms with Gasteiger partial charge in [0.2, 0.25) is 5.91 Å². The summed E-state index contributed by atoms with van der Waals surface area (Å²) in [4.78, 5) is 24.0. The van der Waals surface area contributed by atoms with Gasteiger partial charge in [0.15, 0.2) is 5.78 Å². The van der Waals surface area contributed by atoms with Crippen molar-refractivity contribution >= 4 is 22.6 Å². The molecule has 3 rings (SSSR count). The maximum Gasteiger partial charge on any atom is 0.240 e. The van der Waals surface area contributed by atoms with Gasteiger partial charge in [0, 0.05) is 29.2 Å². The van der Waals surface area contributed by atoms with Crippen LogP contribution in [0.3, 0.4) is 0 Å². The minimum absolute atomic E-state index is 0.0325. The van der Waals surface area contributed by atoms with Crippen LogP contribution in [0, 0.1) is 0 Å². The van der Waals surface area contributed by atoms with E-state index in [1.165, 1.54) is 6.92 Å². The number of para-hydroxylation sites is 1. The molecular formula is C20H20N2O3. The van der Waals surface area contributed by atoms with Crippen LogP contribution in [0.2, 0.25) is 0 Å². The maximum absolute atomic E-state index is 12.2. The molecule has 1 heterocycles. The molecule has 1 amide bonds. The van der Waals surface area contributed by atoms with E-state index in [1.54, 1.807) is 10.8 Å². The Morgan fingerprint density at radius 2 is 1.76 bits per heavy atom. The smallest absolute Gasteiger partial charge is 0.240 e. The van der Waals surface area contributed by atoms with Crippen LogP contribution in [0.25, 0.3) is 10.9 Å². The Kier molecular flexibility index (Phi) is 4.95. The Morgan fingerprint density at radius 3 is 2.48 bits per heavy atom. The number of Topliss-reactive ketones (excluding diaryl/α,β-unsaturated/α-hetero) is 1. The number of hydrogen-bond acceptors (Lipinski definition) is 3. The zero-order chi connectivity index (χ0) is 17.8. The molecule has 0 spiro atoms. The predicted octanol–water partition coefficient (Wildman–Crippen LogP) is 2.69. The molecule has 0 saturated carbocycles. The minimum atomic E-state index is -0.751. The number of carbonyl (C=O) groups is 2. The van der Waals surface area contributed by atoms with Crippen LogP contribution < -0.4 is 5.32 Å². The standard InChI is InChI=1S/C20H20N2O3/c1-14(23)17-12-22(18-10-6-5-9-16(17)18)13-20(25)21-11-19(24)15-7-3-2-4-8-15/h2-10,12,19,24H,11,13H2,1H3,(H,21,25)/t19-/m1/s1. The zero-order valence-electron chi connectivity index (χ0n) is 14.0. The number of aromatic nitrogens is 1. The lowest BCUT2D eigenvalue weighted by molar-refractivity contribution is -0.122. The number of aliphatic hydroxyl groups excluding tert-OH is 1. The minimum Gasteiger partial charge on any atom is -0.387 e. The Balaban J connectivity index is 1.69. The first-order chi connectivity index (χ1) is 12.1. The zero-order valence-corrected chi connectivity index (χ0v) is 14.0. The number of hydrogen-bond donors (Lipinski definition) is 2. The summed E-state index contributed by atoms with van der Waals surface area (Å²) in [5.41, 5.74) is 2.20. The molecule has 0 fully saturated rings. The molecule has 2 N–H and O–H groups in total. The summed E-state index contributed by atoms with van der Waals surface area (Å²) in [6, 6.07) is 16.7. The molecule has 5 nitrogen and oxygen atoms in total. The maximum atomic E-state index is 12.2. The predicted molar refractivity (Wildman–Crippen MR) is 96.4 cm³/mol. The summed E-state index contributed by atoms with van der Waals surface area (Å²) >= 11 is 0. The van der Waals surface area contributed by atoms with Crippen molar-refractivity contribution in [3.63, 3.8) is 0 Å². The van der Waals surface area contributed by atoms with E-state index in [9.17, 15) is 14.7 Å². The fourth-order valence-electron chi connectivity index (χ4n) is 2.87. The van der Waals surface area contributed by atoms with Crippen LogP contribution in [0.1, 0.15) is 28.9 Å². The molecule has 0 saturated heterocycles. The van der Waals surface area contributed by atoms with Crippen molar-refractivity contribution in [2.24, 2.45) is 0 Å². The normalized spacial score (nSPS) is 12.1. The van der Waals surface area contributed by atoms with Crippen LogP contribution in [-0.4, -0.2) is 27.9 Å². The number of benzene rings is 2. The number of carbonyl (C=O) groups excluding carboxylic acids is 2. The molecule has 1 aromatic heterocycles. The number of nitrogens with one attached hydrogen (secondary N) is 1. The van der Waals surface area contributed by atoms with E-state index < -0.39 is 6.10 Å². The second-order valence-electron chi connectivity index (χ2n) is 5.97. The molecule has 128 valence electrons. The van der Waals surface area contributed by atoms with E-state index in [2.05, 4.69) is 5.32 Å². The fourth-order valence-corrected chi connectivity index (χ4v) is 2.87. The topological polar surface area (TPSA) is 71.3 Å². The van der Waals surface area contributed by atoms with Crippen molar-refractivity contribution < 1.29 is 14.7 Å². The van der Waals surface area contributed by atoms with Gasteiger partial charge in [-0.2, -0.15) is 0 Å². The molecule has 3 aromatic rings. The van der Waals surface area contributed by atoms with E-state index in [0.29, 0.717) is 5.56 Å². The number of aliphatic hydroxyl groups is 1. The molecule has 1 atom stereocenters. The van der Waals surface area contributed by atoms with Crippen LogP contribution in [0.4, 0.5) is 0 Å². The van der Waals surface area contributed by atoms with Crippen molar-refractivity contribution in [3.05, 3.63) is 71.9 Å². The van der Waals surface area contributed by atoms with Gasteiger partial charge in [0.1, 0.15) is 6.54 Å². The second kappa shape index (κ2) is 7.32. The van der Waals surface area contributed by atoms with Crippen LogP contribution in [0.15, 0.2) is 60.8 Å². The molecular weight excluding hydrogens is 316 g/mol. The van der Waals surface area contributed by atoms with E-state index in [-0.39, 0.29) is 24.8 Å². The van der Waals surface area contributed by atoms with Crippen LogP contribution in [0.5, 0.6) is 0 Å². The summed E-state index contributed by atoms with van der Waals surface area (Å²) < 4.78 is 1.76. The van der Waals surface area contributed by atoms with Crippen molar-refractivity contribution in [2.75, 3.05) is 6.54 Å². The van der Waals surface area contributed by atoms with E-state index in [1.807, 2.05) is 54.6 Å². The number of nitrogens with zero attached hydrogens (tertiary/aromatic N) is 1. The quantitative estimate of drug-likeness (QED) is 0.680. The summed E-state index contributed by atoms with van der Waals surface area (Å²) in [5.74, 6) is -0.249. The summed E-state index contributed by atoms with van der Waals surface area (Å²) in [6.45, 7) is 1.75. The van der Waals surface area contributed by atoms with Gasteiger partial charge in [-0.25, -0.2) is 0 Å². The number of ketones is 1. The van der Waals surface area contributed by atoms with Crippen molar-refractivity contribution in [1.29, 1.82) is 0 Å². The Bertz CT molecular complexity index is 900. The summed E-state index contributed by atoms with van der Waals surface area (Å²) in [6.07, 6.45) is 0.958. The van der Waals surface area contributed by atoms with Gasteiger partial charge in [-0.3, -0.25) is 9.59 Å². The molecule has 5 heteroatoms. The summed E-state index contributed by atoms with van der Waals surface area (Å²) in [5, 5.41) is 13.7. The van der Waals surface area contributed by atoms with Gasteiger partial charge in [-0.05, 0) is 18.6 Å². The Morgan fingerprint density at radius 1 is 1.08 bits per heavy atom. The third-order valence-corrected chi connectivity index (χ3v) is 4.16. The van der Waals surface area contributed by atoms with Gasteiger partial charge in [0.25, 0.3) is 0 Å². The Hall–Kier alpha value is -2.92. The lowest BCUT2D eigenvalue weighted by Gasteiger charge is -2.12. The number of fused-ring (bicyclic) bond motifs is 1. The highest BCUT2D eigenvalue weighted by atomic mass is 16.3. The van der Waals surface area contributed by atoms with Gasteiger partial charge >= 0.3 is 0 Å². The van der Waals surface area contributed by atoms with E-state index in [0.717, 1.165) is 16.5 Å². The molecule has 0 unspecified atom stereocenters. The number of rotatable bonds is 6. The van der Waals surface area contributed by atoms with Crippen LogP contribution in [-0.2, 0) is 11.3 Å².